The Morgan fingerprint density at radius 2 is 1.60 bits per heavy atom. The number of anilines is 1. The van der Waals surface area contributed by atoms with E-state index in [-0.39, 0.29) is 5.91 Å². The highest BCUT2D eigenvalue weighted by atomic mass is 32.1. The Labute approximate surface area is 149 Å². The predicted octanol–water partition coefficient (Wildman–Crippen LogP) is 3.63. The van der Waals surface area contributed by atoms with E-state index < -0.39 is 0 Å². The fourth-order valence-corrected chi connectivity index (χ4v) is 3.40. The zero-order valence-electron chi connectivity index (χ0n) is 13.5. The molecule has 0 radical (unpaired) electrons. The molecule has 0 bridgehead atoms. The lowest BCUT2D eigenvalue weighted by molar-refractivity contribution is -0.112. The van der Waals surface area contributed by atoms with Crippen molar-refractivity contribution in [1.82, 2.24) is 4.98 Å². The number of amides is 1. The van der Waals surface area contributed by atoms with Crippen LogP contribution in [0.5, 0.6) is 0 Å². The van der Waals surface area contributed by atoms with Gasteiger partial charge in [-0.05, 0) is 0 Å². The van der Waals surface area contributed by atoms with Crippen LogP contribution < -0.4 is 5.01 Å². The van der Waals surface area contributed by atoms with E-state index in [1.54, 1.807) is 7.05 Å². The van der Waals surface area contributed by atoms with Gasteiger partial charge in [0.2, 0.25) is 5.13 Å². The molecule has 2 aromatic carbocycles. The van der Waals surface area contributed by atoms with E-state index in [9.17, 15) is 4.79 Å². The normalized spacial score (nSPS) is 15.7. The minimum atomic E-state index is -0.254. The Morgan fingerprint density at radius 3 is 2.24 bits per heavy atom. The highest BCUT2D eigenvalue weighted by molar-refractivity contribution is 7.14. The number of rotatable bonds is 3. The van der Waals surface area contributed by atoms with Gasteiger partial charge in [0.15, 0.2) is 5.71 Å². The third kappa shape index (κ3) is 2.77. The van der Waals surface area contributed by atoms with Crippen LogP contribution in [0.2, 0.25) is 0 Å². The van der Waals surface area contributed by atoms with E-state index in [0.717, 1.165) is 16.8 Å². The monoisotopic (exact) mass is 346 g/mol. The first-order valence-corrected chi connectivity index (χ1v) is 8.62. The number of hydrogen-bond acceptors (Lipinski definition) is 5. The van der Waals surface area contributed by atoms with Gasteiger partial charge in [-0.3, -0.25) is 9.79 Å². The summed E-state index contributed by atoms with van der Waals surface area (Å²) in [4.78, 5) is 21.4. The highest BCUT2D eigenvalue weighted by Gasteiger charge is 2.34. The second kappa shape index (κ2) is 6.41. The van der Waals surface area contributed by atoms with Gasteiger partial charge in [-0.15, -0.1) is 11.3 Å². The lowest BCUT2D eigenvalue weighted by atomic mass is 10.1. The number of carbonyl (C=O) groups is 1. The fraction of sp³-hybridized carbons (Fsp3) is 0.0526. The molecular formula is C19H14N4OS. The minimum Gasteiger partial charge on any atom is -0.281 e. The van der Waals surface area contributed by atoms with Crippen molar-refractivity contribution in [2.24, 2.45) is 10.1 Å². The molecule has 1 aliphatic heterocycles. The van der Waals surface area contributed by atoms with Crippen LogP contribution >= 0.6 is 11.3 Å². The molecular weight excluding hydrogens is 332 g/mol. The zero-order chi connectivity index (χ0) is 17.2. The second-order valence-corrected chi connectivity index (χ2v) is 6.22. The first-order valence-electron chi connectivity index (χ1n) is 7.74. The average Bonchev–Trinajstić information content (AvgIpc) is 3.27. The van der Waals surface area contributed by atoms with Crippen LogP contribution in [0.1, 0.15) is 5.56 Å². The number of thiazole rings is 1. The zero-order valence-corrected chi connectivity index (χ0v) is 14.3. The molecule has 0 atom stereocenters. The Kier molecular flexibility index (Phi) is 3.95. The first kappa shape index (κ1) is 15.4. The maximum Gasteiger partial charge on any atom is 0.301 e. The number of benzene rings is 2. The third-order valence-corrected chi connectivity index (χ3v) is 4.65. The van der Waals surface area contributed by atoms with Gasteiger partial charge in [0.1, 0.15) is 5.71 Å². The molecule has 0 saturated heterocycles. The Morgan fingerprint density at radius 1 is 0.960 bits per heavy atom. The Hall–Kier alpha value is -3.12. The van der Waals surface area contributed by atoms with Crippen molar-refractivity contribution in [3.05, 3.63) is 71.6 Å². The van der Waals surface area contributed by atoms with Crippen LogP contribution in [0.15, 0.2) is 76.1 Å². The average molecular weight is 346 g/mol. The molecule has 0 N–H and O–H groups in total. The number of hydrogen-bond donors (Lipinski definition) is 0. The molecule has 122 valence electrons. The topological polar surface area (TPSA) is 57.9 Å². The van der Waals surface area contributed by atoms with Crippen molar-refractivity contribution in [1.29, 1.82) is 0 Å². The quantitative estimate of drug-likeness (QED) is 0.727. The second-order valence-electron chi connectivity index (χ2n) is 5.39. The number of carbonyl (C=O) groups excluding carboxylic acids is 1. The predicted molar refractivity (Wildman–Crippen MR) is 101 cm³/mol. The summed E-state index contributed by atoms with van der Waals surface area (Å²) in [5.74, 6) is -0.254. The summed E-state index contributed by atoms with van der Waals surface area (Å²) < 4.78 is 0. The molecule has 25 heavy (non-hydrogen) atoms. The summed E-state index contributed by atoms with van der Waals surface area (Å²) in [6.07, 6.45) is 0. The van der Waals surface area contributed by atoms with Gasteiger partial charge in [-0.25, -0.2) is 4.98 Å². The summed E-state index contributed by atoms with van der Waals surface area (Å²) in [5.41, 5.74) is 3.62. The van der Waals surface area contributed by atoms with E-state index in [2.05, 4.69) is 15.1 Å². The largest absolute Gasteiger partial charge is 0.301 e. The number of nitrogens with zero attached hydrogens (tertiary/aromatic N) is 4. The van der Waals surface area contributed by atoms with Gasteiger partial charge >= 0.3 is 5.91 Å². The number of hydrazone groups is 1. The van der Waals surface area contributed by atoms with E-state index in [1.807, 2.05) is 66.0 Å². The Bertz CT molecular complexity index is 977. The van der Waals surface area contributed by atoms with Gasteiger partial charge in [0.05, 0.1) is 5.69 Å². The highest BCUT2D eigenvalue weighted by Crippen LogP contribution is 2.30. The SMILES string of the molecule is C/N=C1/C(=O)N(c2nc(-c3ccccc3)cs2)N=C1c1ccccc1. The molecule has 1 amide bonds. The van der Waals surface area contributed by atoms with E-state index in [1.165, 1.54) is 16.3 Å². The van der Waals surface area contributed by atoms with Gasteiger partial charge in [0, 0.05) is 23.6 Å². The molecule has 0 aliphatic carbocycles. The minimum absolute atomic E-state index is 0.254. The number of aromatic nitrogens is 1. The summed E-state index contributed by atoms with van der Waals surface area (Å²) in [5, 5.41) is 8.29. The van der Waals surface area contributed by atoms with Gasteiger partial charge < -0.3 is 0 Å². The lowest BCUT2D eigenvalue weighted by Crippen LogP contribution is -2.27. The maximum absolute atomic E-state index is 12.7. The third-order valence-electron chi connectivity index (χ3n) is 3.83. The van der Waals surface area contributed by atoms with Crippen molar-refractivity contribution in [3.63, 3.8) is 0 Å². The van der Waals surface area contributed by atoms with Crippen LogP contribution in [0.25, 0.3) is 11.3 Å². The molecule has 0 saturated carbocycles. The molecule has 5 nitrogen and oxygen atoms in total. The van der Waals surface area contributed by atoms with Crippen molar-refractivity contribution in [3.8, 4) is 11.3 Å². The fourth-order valence-electron chi connectivity index (χ4n) is 2.62. The summed E-state index contributed by atoms with van der Waals surface area (Å²) >= 11 is 1.39. The molecule has 1 aromatic heterocycles. The molecule has 0 fully saturated rings. The van der Waals surface area contributed by atoms with Gasteiger partial charge in [-0.2, -0.15) is 10.1 Å². The van der Waals surface area contributed by atoms with Gasteiger partial charge in [-0.1, -0.05) is 60.7 Å². The molecule has 1 aliphatic rings. The van der Waals surface area contributed by atoms with E-state index in [4.69, 9.17) is 0 Å². The summed E-state index contributed by atoms with van der Waals surface area (Å²) in [7, 11) is 1.60. The van der Waals surface area contributed by atoms with Crippen molar-refractivity contribution < 1.29 is 4.79 Å². The van der Waals surface area contributed by atoms with Gasteiger partial charge in [0.25, 0.3) is 0 Å². The first-order chi connectivity index (χ1) is 12.3. The van der Waals surface area contributed by atoms with Crippen LogP contribution in [-0.2, 0) is 4.79 Å². The maximum atomic E-state index is 12.7. The molecule has 0 spiro atoms. The van der Waals surface area contributed by atoms with E-state index >= 15 is 0 Å². The van der Waals surface area contributed by atoms with Crippen LogP contribution in [-0.4, -0.2) is 29.4 Å². The van der Waals surface area contributed by atoms with Crippen LogP contribution in [0.4, 0.5) is 5.13 Å². The van der Waals surface area contributed by atoms with Crippen molar-refractivity contribution >= 4 is 33.8 Å². The lowest BCUT2D eigenvalue weighted by Gasteiger charge is -2.05. The smallest absolute Gasteiger partial charge is 0.281 e. The molecule has 3 aromatic rings. The van der Waals surface area contributed by atoms with Crippen LogP contribution in [0.3, 0.4) is 0 Å². The Balaban J connectivity index is 1.72. The standard InChI is InChI=1S/C19H14N4OS/c1-20-17-16(14-10-6-3-7-11-14)22-23(18(17)24)19-21-15(12-25-19)13-8-4-2-5-9-13/h2-12H,1H3/b20-17+. The molecule has 0 unspecified atom stereocenters. The van der Waals surface area contributed by atoms with Crippen molar-refractivity contribution in [2.45, 2.75) is 0 Å². The molecule has 4 rings (SSSR count). The van der Waals surface area contributed by atoms with Crippen molar-refractivity contribution in [2.75, 3.05) is 12.1 Å². The summed E-state index contributed by atoms with van der Waals surface area (Å²) in [6.45, 7) is 0. The van der Waals surface area contributed by atoms with Crippen LogP contribution in [0, 0.1) is 0 Å². The number of aliphatic imine (C=N–C) groups is 1. The molecule has 6 heteroatoms. The summed E-state index contributed by atoms with van der Waals surface area (Å²) in [6, 6.07) is 19.4. The van der Waals surface area contributed by atoms with E-state index in [0.29, 0.717) is 16.6 Å². The molecule has 2 heterocycles.